The minimum absolute atomic E-state index is 0.00423. The van der Waals surface area contributed by atoms with Crippen LogP contribution in [0.15, 0.2) is 47.4 Å². The molecule has 1 aliphatic heterocycles. The van der Waals surface area contributed by atoms with E-state index in [9.17, 15) is 13.2 Å². The summed E-state index contributed by atoms with van der Waals surface area (Å²) in [5.41, 5.74) is 1.39. The first-order valence-electron chi connectivity index (χ1n) is 10.7. The number of likely N-dealkylation sites (tertiary alicyclic amines) is 1. The highest BCUT2D eigenvalue weighted by Crippen LogP contribution is 2.35. The predicted octanol–water partition coefficient (Wildman–Crippen LogP) is 3.51. The number of nitrogens with zero attached hydrogens (tertiary/aromatic N) is 1. The van der Waals surface area contributed by atoms with Gasteiger partial charge in [-0.15, -0.1) is 0 Å². The highest BCUT2D eigenvalue weighted by molar-refractivity contribution is 7.89. The Bertz CT molecular complexity index is 1050. The molecule has 0 radical (unpaired) electrons. The maximum Gasteiger partial charge on any atom is 0.254 e. The van der Waals surface area contributed by atoms with Gasteiger partial charge in [-0.1, -0.05) is 12.1 Å². The first-order valence-corrected chi connectivity index (χ1v) is 12.2. The van der Waals surface area contributed by atoms with E-state index >= 15 is 0 Å². The largest absolute Gasteiger partial charge is 0.495 e. The smallest absolute Gasteiger partial charge is 0.254 e. The normalized spacial score (nSPS) is 18.8. The van der Waals surface area contributed by atoms with Crippen LogP contribution in [0.25, 0.3) is 0 Å². The molecule has 0 spiro atoms. The lowest BCUT2D eigenvalue weighted by Crippen LogP contribution is -2.31. The molecule has 1 heterocycles. The molecular formula is C23H28N2O5S. The standard InChI is InChI=1S/C23H28N2O5S/c1-3-30-19-11-6-16(7-12-19)20-5-4-14-25(20)23(26)17-8-13-21(29-2)22(15-17)31(27,28)24-18-9-10-18/h6-8,11-13,15,18,20,24H,3-5,9-10,14H2,1-2H3. The number of rotatable bonds is 8. The number of ether oxygens (including phenoxy) is 2. The van der Waals surface area contributed by atoms with E-state index in [1.165, 1.54) is 13.2 Å². The zero-order chi connectivity index (χ0) is 22.0. The second-order valence-electron chi connectivity index (χ2n) is 7.92. The molecule has 1 amide bonds. The van der Waals surface area contributed by atoms with Crippen LogP contribution in [-0.2, 0) is 10.0 Å². The van der Waals surface area contributed by atoms with Gasteiger partial charge in [0.25, 0.3) is 5.91 Å². The summed E-state index contributed by atoms with van der Waals surface area (Å²) < 4.78 is 39.0. The summed E-state index contributed by atoms with van der Waals surface area (Å²) in [6.45, 7) is 3.17. The zero-order valence-corrected chi connectivity index (χ0v) is 18.7. The van der Waals surface area contributed by atoms with Crippen molar-refractivity contribution < 1.29 is 22.7 Å². The van der Waals surface area contributed by atoms with E-state index in [4.69, 9.17) is 9.47 Å². The fourth-order valence-electron chi connectivity index (χ4n) is 3.98. The molecule has 166 valence electrons. The Morgan fingerprint density at radius 1 is 1.13 bits per heavy atom. The monoisotopic (exact) mass is 444 g/mol. The van der Waals surface area contributed by atoms with E-state index in [1.54, 1.807) is 12.1 Å². The van der Waals surface area contributed by atoms with E-state index in [-0.39, 0.29) is 28.6 Å². The fourth-order valence-corrected chi connectivity index (χ4v) is 5.48. The number of methoxy groups -OCH3 is 1. The van der Waals surface area contributed by atoms with Crippen LogP contribution in [0, 0.1) is 0 Å². The van der Waals surface area contributed by atoms with Crippen LogP contribution in [0.4, 0.5) is 0 Å². The molecule has 2 aromatic carbocycles. The van der Waals surface area contributed by atoms with Crippen molar-refractivity contribution in [3.05, 3.63) is 53.6 Å². The summed E-state index contributed by atoms with van der Waals surface area (Å²) in [6.07, 6.45) is 3.42. The molecule has 2 aromatic rings. The van der Waals surface area contributed by atoms with Crippen molar-refractivity contribution in [2.24, 2.45) is 0 Å². The Morgan fingerprint density at radius 2 is 1.87 bits per heavy atom. The van der Waals surface area contributed by atoms with Gasteiger partial charge in [-0.3, -0.25) is 4.79 Å². The van der Waals surface area contributed by atoms with Gasteiger partial charge in [0.15, 0.2) is 0 Å². The number of hydrogen-bond acceptors (Lipinski definition) is 5. The van der Waals surface area contributed by atoms with Crippen LogP contribution in [0.1, 0.15) is 54.6 Å². The third-order valence-corrected chi connectivity index (χ3v) is 7.23. The minimum atomic E-state index is -3.75. The number of carbonyl (C=O) groups is 1. The number of amides is 1. The van der Waals surface area contributed by atoms with Gasteiger partial charge in [-0.05, 0) is 68.5 Å². The van der Waals surface area contributed by atoms with Gasteiger partial charge >= 0.3 is 0 Å². The maximum atomic E-state index is 13.4. The number of hydrogen-bond donors (Lipinski definition) is 1. The van der Waals surface area contributed by atoms with Gasteiger partial charge in [-0.2, -0.15) is 0 Å². The van der Waals surface area contributed by atoms with E-state index in [1.807, 2.05) is 36.1 Å². The minimum Gasteiger partial charge on any atom is -0.495 e. The van der Waals surface area contributed by atoms with Gasteiger partial charge in [0.1, 0.15) is 16.4 Å². The Balaban J connectivity index is 1.60. The van der Waals surface area contributed by atoms with Crippen molar-refractivity contribution in [3.63, 3.8) is 0 Å². The number of carbonyl (C=O) groups excluding carboxylic acids is 1. The molecule has 7 nitrogen and oxygen atoms in total. The average Bonchev–Trinajstić information content (AvgIpc) is 3.44. The molecule has 1 saturated carbocycles. The van der Waals surface area contributed by atoms with E-state index in [0.717, 1.165) is 37.0 Å². The van der Waals surface area contributed by atoms with E-state index in [2.05, 4.69) is 4.72 Å². The second kappa shape index (κ2) is 8.88. The quantitative estimate of drug-likeness (QED) is 0.674. The predicted molar refractivity (Wildman–Crippen MR) is 117 cm³/mol. The third kappa shape index (κ3) is 4.70. The van der Waals surface area contributed by atoms with Gasteiger partial charge < -0.3 is 14.4 Å². The SMILES string of the molecule is CCOc1ccc(C2CCCN2C(=O)c2ccc(OC)c(S(=O)(=O)NC3CC3)c2)cc1. The average molecular weight is 445 g/mol. The van der Waals surface area contributed by atoms with Crippen molar-refractivity contribution in [2.75, 3.05) is 20.3 Å². The Morgan fingerprint density at radius 3 is 2.52 bits per heavy atom. The van der Waals surface area contributed by atoms with Crippen LogP contribution in [-0.4, -0.2) is 45.5 Å². The van der Waals surface area contributed by atoms with Crippen molar-refractivity contribution in [1.29, 1.82) is 0 Å². The summed E-state index contributed by atoms with van der Waals surface area (Å²) in [4.78, 5) is 15.2. The van der Waals surface area contributed by atoms with Crippen LogP contribution in [0.5, 0.6) is 11.5 Å². The molecule has 1 N–H and O–H groups in total. The van der Waals surface area contributed by atoms with Crippen LogP contribution in [0.2, 0.25) is 0 Å². The molecule has 1 aliphatic carbocycles. The lowest BCUT2D eigenvalue weighted by atomic mass is 10.0. The highest BCUT2D eigenvalue weighted by Gasteiger charge is 2.33. The van der Waals surface area contributed by atoms with Crippen molar-refractivity contribution in [3.8, 4) is 11.5 Å². The van der Waals surface area contributed by atoms with Crippen molar-refractivity contribution in [2.45, 2.75) is 49.6 Å². The molecule has 8 heteroatoms. The number of benzene rings is 2. The molecular weight excluding hydrogens is 416 g/mol. The molecule has 4 rings (SSSR count). The lowest BCUT2D eigenvalue weighted by Gasteiger charge is -2.26. The summed E-state index contributed by atoms with van der Waals surface area (Å²) >= 11 is 0. The van der Waals surface area contributed by atoms with Gasteiger partial charge in [0.2, 0.25) is 10.0 Å². The molecule has 1 atom stereocenters. The first-order chi connectivity index (χ1) is 14.9. The Kier molecular flexibility index (Phi) is 6.20. The molecule has 2 aliphatic rings. The second-order valence-corrected chi connectivity index (χ2v) is 9.60. The van der Waals surface area contributed by atoms with E-state index < -0.39 is 10.0 Å². The molecule has 0 aromatic heterocycles. The first kappa shape index (κ1) is 21.6. The van der Waals surface area contributed by atoms with Crippen molar-refractivity contribution in [1.82, 2.24) is 9.62 Å². The van der Waals surface area contributed by atoms with E-state index in [0.29, 0.717) is 18.7 Å². The molecule has 1 unspecified atom stereocenters. The molecule has 31 heavy (non-hydrogen) atoms. The third-order valence-electron chi connectivity index (χ3n) is 5.69. The maximum absolute atomic E-state index is 13.4. The Hall–Kier alpha value is -2.58. The van der Waals surface area contributed by atoms with Crippen LogP contribution >= 0.6 is 0 Å². The number of sulfonamides is 1. The molecule has 1 saturated heterocycles. The summed E-state index contributed by atoms with van der Waals surface area (Å²) in [5, 5.41) is 0. The summed E-state index contributed by atoms with van der Waals surface area (Å²) in [5.74, 6) is 0.853. The Labute approximate surface area is 183 Å². The van der Waals surface area contributed by atoms with Gasteiger partial charge in [-0.25, -0.2) is 13.1 Å². The van der Waals surface area contributed by atoms with Gasteiger partial charge in [0, 0.05) is 18.2 Å². The molecule has 2 fully saturated rings. The van der Waals surface area contributed by atoms with Crippen molar-refractivity contribution >= 4 is 15.9 Å². The van der Waals surface area contributed by atoms with Gasteiger partial charge in [0.05, 0.1) is 19.8 Å². The zero-order valence-electron chi connectivity index (χ0n) is 17.8. The summed E-state index contributed by atoms with van der Waals surface area (Å²) in [6, 6.07) is 12.4. The number of nitrogens with one attached hydrogen (secondary N) is 1. The lowest BCUT2D eigenvalue weighted by molar-refractivity contribution is 0.0735. The highest BCUT2D eigenvalue weighted by atomic mass is 32.2. The van der Waals surface area contributed by atoms with Crippen LogP contribution < -0.4 is 14.2 Å². The summed E-state index contributed by atoms with van der Waals surface area (Å²) in [7, 11) is -2.33. The fraction of sp³-hybridized carbons (Fsp3) is 0.435. The van der Waals surface area contributed by atoms with Crippen LogP contribution in [0.3, 0.4) is 0 Å². The molecule has 0 bridgehead atoms. The topological polar surface area (TPSA) is 84.9 Å².